The minimum absolute atomic E-state index is 0.338. The summed E-state index contributed by atoms with van der Waals surface area (Å²) in [6.45, 7) is 4.04. The number of hydrogen-bond acceptors (Lipinski definition) is 1. The summed E-state index contributed by atoms with van der Waals surface area (Å²) in [6, 6.07) is 0.338. The number of nitrogens with two attached hydrogens (primary N) is 1. The van der Waals surface area contributed by atoms with Crippen molar-refractivity contribution in [1.29, 1.82) is 0 Å². The summed E-state index contributed by atoms with van der Waals surface area (Å²) in [5.41, 5.74) is 3.51. The van der Waals surface area contributed by atoms with Crippen molar-refractivity contribution in [2.24, 2.45) is 5.84 Å². The number of nitrogens with zero attached hydrogens (tertiary/aromatic N) is 1. The molecule has 0 bridgehead atoms. The van der Waals surface area contributed by atoms with Crippen LogP contribution in [0.5, 0.6) is 0 Å². The fourth-order valence-electron chi connectivity index (χ4n) is 0.105. The Morgan fingerprint density at radius 3 is 2.33 bits per heavy atom. The molecule has 0 rings (SSSR count). The summed E-state index contributed by atoms with van der Waals surface area (Å²) >= 11 is 0. The molecule has 6 heavy (non-hydrogen) atoms. The Bertz CT molecular complexity index is 24.7. The second-order valence-electron chi connectivity index (χ2n) is 1.41. The van der Waals surface area contributed by atoms with Crippen LogP contribution in [0.25, 0.3) is 0 Å². The average Bonchev–Trinajstić information content (AvgIpc) is 1.65. The zero-order valence-corrected chi connectivity index (χ0v) is 4.31. The predicted octanol–water partition coefficient (Wildman–Crippen LogP) is 0.263. The van der Waals surface area contributed by atoms with Gasteiger partial charge in [0.2, 0.25) is 0 Å². The molecule has 0 saturated carbocycles. The lowest BCUT2D eigenvalue weighted by Crippen LogP contribution is -2.23. The molecule has 0 aliphatic carbocycles. The SMILES string of the molecule is CCC(C)[N]N. The van der Waals surface area contributed by atoms with Crippen molar-refractivity contribution in [2.75, 3.05) is 0 Å². The second-order valence-corrected chi connectivity index (χ2v) is 1.41. The van der Waals surface area contributed by atoms with E-state index >= 15 is 0 Å². The van der Waals surface area contributed by atoms with Gasteiger partial charge in [-0.3, -0.25) is 5.84 Å². The van der Waals surface area contributed by atoms with E-state index in [0.717, 1.165) is 6.42 Å². The molecule has 0 fully saturated rings. The lowest BCUT2D eigenvalue weighted by atomic mass is 10.3. The molecule has 0 aliphatic heterocycles. The molecule has 37 valence electrons. The standard InChI is InChI=1S/C4H11N2/c1-3-4(2)6-5/h4H,3,5H2,1-2H3. The number of rotatable bonds is 2. The van der Waals surface area contributed by atoms with Crippen LogP contribution in [-0.2, 0) is 0 Å². The Morgan fingerprint density at radius 1 is 1.83 bits per heavy atom. The first kappa shape index (κ1) is 5.92. The maximum atomic E-state index is 4.91. The average molecular weight is 87.1 g/mol. The van der Waals surface area contributed by atoms with Crippen molar-refractivity contribution in [1.82, 2.24) is 5.43 Å². The number of hydrogen-bond donors (Lipinski definition) is 1. The molecule has 0 spiro atoms. The van der Waals surface area contributed by atoms with Crippen LogP contribution in [0.15, 0.2) is 0 Å². The molecular weight excluding hydrogens is 76.1 g/mol. The molecule has 0 saturated heterocycles. The van der Waals surface area contributed by atoms with E-state index in [1.54, 1.807) is 0 Å². The zero-order chi connectivity index (χ0) is 4.99. The highest BCUT2D eigenvalue weighted by atomic mass is 15.2. The smallest absolute Gasteiger partial charge is 0.0382 e. The van der Waals surface area contributed by atoms with E-state index in [0.29, 0.717) is 6.04 Å². The van der Waals surface area contributed by atoms with E-state index in [2.05, 4.69) is 12.3 Å². The second kappa shape index (κ2) is 3.12. The Hall–Kier alpha value is -0.0800. The van der Waals surface area contributed by atoms with Gasteiger partial charge in [-0.2, -0.15) is 5.43 Å². The molecule has 0 aromatic carbocycles. The van der Waals surface area contributed by atoms with Gasteiger partial charge < -0.3 is 0 Å². The monoisotopic (exact) mass is 87.1 g/mol. The van der Waals surface area contributed by atoms with Crippen LogP contribution in [0.2, 0.25) is 0 Å². The van der Waals surface area contributed by atoms with Crippen LogP contribution >= 0.6 is 0 Å². The van der Waals surface area contributed by atoms with E-state index in [1.165, 1.54) is 0 Å². The van der Waals surface area contributed by atoms with Gasteiger partial charge in [-0.15, -0.1) is 0 Å². The molecule has 0 amide bonds. The molecule has 0 heterocycles. The van der Waals surface area contributed by atoms with E-state index < -0.39 is 0 Å². The summed E-state index contributed by atoms with van der Waals surface area (Å²) in [6.07, 6.45) is 1.04. The highest BCUT2D eigenvalue weighted by molar-refractivity contribution is 4.47. The maximum Gasteiger partial charge on any atom is 0.0382 e. The summed E-state index contributed by atoms with van der Waals surface area (Å²) in [4.78, 5) is 0. The van der Waals surface area contributed by atoms with Crippen molar-refractivity contribution >= 4 is 0 Å². The van der Waals surface area contributed by atoms with Gasteiger partial charge in [0.05, 0.1) is 0 Å². The van der Waals surface area contributed by atoms with Crippen molar-refractivity contribution in [3.63, 3.8) is 0 Å². The highest BCUT2D eigenvalue weighted by Gasteiger charge is 1.89. The third-order valence-corrected chi connectivity index (χ3v) is 0.845. The molecule has 2 N–H and O–H groups in total. The molecule has 1 radical (unpaired) electrons. The van der Waals surface area contributed by atoms with Gasteiger partial charge >= 0.3 is 0 Å². The summed E-state index contributed by atoms with van der Waals surface area (Å²) in [5.74, 6) is 4.91. The third kappa shape index (κ3) is 2.18. The van der Waals surface area contributed by atoms with Crippen LogP contribution in [0, 0.1) is 0 Å². The van der Waals surface area contributed by atoms with Crippen LogP contribution in [-0.4, -0.2) is 6.04 Å². The molecule has 1 atom stereocenters. The first-order chi connectivity index (χ1) is 2.81. The quantitative estimate of drug-likeness (QED) is 0.381. The van der Waals surface area contributed by atoms with Gasteiger partial charge in [-0.25, -0.2) is 0 Å². The Balaban J connectivity index is 2.75. The minimum Gasteiger partial charge on any atom is -0.253 e. The van der Waals surface area contributed by atoms with Crippen LogP contribution in [0.1, 0.15) is 20.3 Å². The van der Waals surface area contributed by atoms with Gasteiger partial charge in [-0.05, 0) is 13.3 Å². The van der Waals surface area contributed by atoms with Gasteiger partial charge in [0.25, 0.3) is 0 Å². The molecule has 1 unspecified atom stereocenters. The van der Waals surface area contributed by atoms with Crippen LogP contribution in [0.3, 0.4) is 0 Å². The van der Waals surface area contributed by atoms with Gasteiger partial charge in [0.1, 0.15) is 0 Å². The molecule has 2 nitrogen and oxygen atoms in total. The lowest BCUT2D eigenvalue weighted by molar-refractivity contribution is 0.543. The fourth-order valence-corrected chi connectivity index (χ4v) is 0.105. The van der Waals surface area contributed by atoms with E-state index in [-0.39, 0.29) is 0 Å². The normalized spacial score (nSPS) is 14.5. The Kier molecular flexibility index (Phi) is 3.08. The summed E-state index contributed by atoms with van der Waals surface area (Å²) < 4.78 is 0. The largest absolute Gasteiger partial charge is 0.253 e. The lowest BCUT2D eigenvalue weighted by Gasteiger charge is -1.98. The van der Waals surface area contributed by atoms with Crippen molar-refractivity contribution in [2.45, 2.75) is 26.3 Å². The third-order valence-electron chi connectivity index (χ3n) is 0.845. The highest BCUT2D eigenvalue weighted by Crippen LogP contribution is 1.83. The van der Waals surface area contributed by atoms with Crippen molar-refractivity contribution in [3.05, 3.63) is 0 Å². The van der Waals surface area contributed by atoms with Gasteiger partial charge in [-0.1, -0.05) is 6.92 Å². The summed E-state index contributed by atoms with van der Waals surface area (Å²) in [7, 11) is 0. The predicted molar refractivity (Wildman–Crippen MR) is 26.1 cm³/mol. The Labute approximate surface area is 38.7 Å². The molecular formula is C4H11N2. The topological polar surface area (TPSA) is 40.1 Å². The molecule has 2 heteroatoms. The van der Waals surface area contributed by atoms with Gasteiger partial charge in [0, 0.05) is 6.04 Å². The van der Waals surface area contributed by atoms with Crippen LogP contribution < -0.4 is 11.3 Å². The zero-order valence-electron chi connectivity index (χ0n) is 4.31. The molecule has 0 aromatic heterocycles. The van der Waals surface area contributed by atoms with E-state index in [1.807, 2.05) is 6.92 Å². The first-order valence-electron chi connectivity index (χ1n) is 2.21. The first-order valence-corrected chi connectivity index (χ1v) is 2.21. The molecule has 0 aromatic rings. The summed E-state index contributed by atoms with van der Waals surface area (Å²) in [5, 5.41) is 0. The van der Waals surface area contributed by atoms with E-state index in [9.17, 15) is 0 Å². The van der Waals surface area contributed by atoms with Gasteiger partial charge in [0.15, 0.2) is 0 Å². The van der Waals surface area contributed by atoms with Crippen LogP contribution in [0.4, 0.5) is 0 Å². The van der Waals surface area contributed by atoms with E-state index in [4.69, 9.17) is 5.84 Å². The van der Waals surface area contributed by atoms with Crippen molar-refractivity contribution in [3.8, 4) is 0 Å². The Morgan fingerprint density at radius 2 is 2.33 bits per heavy atom. The fraction of sp³-hybridized carbons (Fsp3) is 1.00. The molecule has 0 aliphatic rings. The van der Waals surface area contributed by atoms with Crippen molar-refractivity contribution < 1.29 is 0 Å². The minimum atomic E-state index is 0.338. The maximum absolute atomic E-state index is 4.91.